The summed E-state index contributed by atoms with van der Waals surface area (Å²) in [6, 6.07) is 1.81. The van der Waals surface area contributed by atoms with Crippen LogP contribution in [-0.4, -0.2) is 44.0 Å². The Kier molecular flexibility index (Phi) is 3.98. The highest BCUT2D eigenvalue weighted by molar-refractivity contribution is 5.78. The fourth-order valence-corrected chi connectivity index (χ4v) is 2.73. The van der Waals surface area contributed by atoms with Crippen molar-refractivity contribution in [3.8, 4) is 0 Å². The number of aryl methyl sites for hydroxylation is 1. The van der Waals surface area contributed by atoms with Crippen molar-refractivity contribution in [3.05, 3.63) is 29.9 Å². The minimum Gasteiger partial charge on any atom is -0.361 e. The van der Waals surface area contributed by atoms with Crippen LogP contribution >= 0.6 is 0 Å². The van der Waals surface area contributed by atoms with E-state index in [0.29, 0.717) is 18.0 Å². The maximum absolute atomic E-state index is 12.2. The van der Waals surface area contributed by atoms with Gasteiger partial charge in [0.25, 0.3) is 0 Å². The summed E-state index contributed by atoms with van der Waals surface area (Å²) >= 11 is 0. The van der Waals surface area contributed by atoms with Gasteiger partial charge in [-0.1, -0.05) is 10.4 Å². The predicted molar refractivity (Wildman–Crippen MR) is 74.3 cm³/mol. The fourth-order valence-electron chi connectivity index (χ4n) is 2.73. The van der Waals surface area contributed by atoms with E-state index in [-0.39, 0.29) is 5.91 Å². The van der Waals surface area contributed by atoms with E-state index in [1.165, 1.54) is 0 Å². The van der Waals surface area contributed by atoms with Crippen molar-refractivity contribution in [2.75, 3.05) is 13.1 Å². The van der Waals surface area contributed by atoms with E-state index in [4.69, 9.17) is 4.52 Å². The van der Waals surface area contributed by atoms with Gasteiger partial charge < -0.3 is 9.42 Å². The van der Waals surface area contributed by atoms with Gasteiger partial charge in [-0.05, 0) is 25.7 Å². The van der Waals surface area contributed by atoms with Crippen LogP contribution in [0.2, 0.25) is 0 Å². The number of rotatable bonds is 4. The normalized spacial score (nSPS) is 16.3. The molecular weight excluding hydrogens is 270 g/mol. The Labute approximate surface area is 122 Å². The van der Waals surface area contributed by atoms with Gasteiger partial charge in [0.2, 0.25) is 5.91 Å². The van der Waals surface area contributed by atoms with Gasteiger partial charge in [0, 0.05) is 31.9 Å². The number of likely N-dealkylation sites (tertiary alicyclic amines) is 1. The Balaban J connectivity index is 1.47. The van der Waals surface area contributed by atoms with Crippen LogP contribution in [0.15, 0.2) is 23.0 Å². The minimum atomic E-state index is 0.127. The van der Waals surface area contributed by atoms with Gasteiger partial charge in [0.05, 0.1) is 18.3 Å². The van der Waals surface area contributed by atoms with Crippen molar-refractivity contribution < 1.29 is 9.32 Å². The van der Waals surface area contributed by atoms with Crippen LogP contribution in [-0.2, 0) is 17.8 Å². The van der Waals surface area contributed by atoms with Gasteiger partial charge in [-0.25, -0.2) is 0 Å². The third-order valence-electron chi connectivity index (χ3n) is 3.89. The molecule has 1 aliphatic heterocycles. The molecule has 2 aromatic rings. The Morgan fingerprint density at radius 3 is 2.86 bits per heavy atom. The van der Waals surface area contributed by atoms with E-state index in [2.05, 4.69) is 15.5 Å². The maximum Gasteiger partial charge on any atom is 0.228 e. The molecule has 0 aliphatic carbocycles. The van der Waals surface area contributed by atoms with Crippen molar-refractivity contribution in [3.63, 3.8) is 0 Å². The molecule has 0 spiro atoms. The summed E-state index contributed by atoms with van der Waals surface area (Å²) in [5.41, 5.74) is 0.710. The molecule has 0 unspecified atom stereocenters. The molecule has 1 saturated heterocycles. The number of carbonyl (C=O) groups excluding carboxylic acids is 1. The van der Waals surface area contributed by atoms with Crippen molar-refractivity contribution >= 4 is 5.91 Å². The topological polar surface area (TPSA) is 77.1 Å². The molecule has 112 valence electrons. The molecule has 0 atom stereocenters. The molecule has 1 fully saturated rings. The van der Waals surface area contributed by atoms with Crippen LogP contribution in [0.4, 0.5) is 0 Å². The Morgan fingerprint density at radius 2 is 2.24 bits per heavy atom. The molecule has 0 aromatic carbocycles. The van der Waals surface area contributed by atoms with E-state index in [0.717, 1.165) is 38.2 Å². The van der Waals surface area contributed by atoms with Gasteiger partial charge in [-0.3, -0.25) is 9.48 Å². The van der Waals surface area contributed by atoms with E-state index in [9.17, 15) is 4.79 Å². The molecule has 0 saturated carbocycles. The number of nitrogens with zero attached hydrogens (tertiary/aromatic N) is 5. The number of aromatic nitrogens is 4. The molecule has 21 heavy (non-hydrogen) atoms. The molecule has 7 heteroatoms. The average molecular weight is 289 g/mol. The zero-order valence-electron chi connectivity index (χ0n) is 12.1. The Hall–Kier alpha value is -2.18. The number of carbonyl (C=O) groups is 1. The zero-order chi connectivity index (χ0) is 14.7. The van der Waals surface area contributed by atoms with E-state index in [1.807, 2.05) is 28.8 Å². The monoisotopic (exact) mass is 289 g/mol. The Morgan fingerprint density at radius 1 is 1.43 bits per heavy atom. The summed E-state index contributed by atoms with van der Waals surface area (Å²) in [5, 5.41) is 11.7. The first kappa shape index (κ1) is 13.8. The van der Waals surface area contributed by atoms with Gasteiger partial charge in [-0.2, -0.15) is 0 Å². The summed E-state index contributed by atoms with van der Waals surface area (Å²) in [6.07, 6.45) is 5.90. The van der Waals surface area contributed by atoms with Crippen LogP contribution in [0.1, 0.15) is 24.3 Å². The third-order valence-corrected chi connectivity index (χ3v) is 3.89. The van der Waals surface area contributed by atoms with Crippen LogP contribution in [0, 0.1) is 12.8 Å². The van der Waals surface area contributed by atoms with Crippen molar-refractivity contribution in [2.45, 2.75) is 32.7 Å². The number of hydrogen-bond donors (Lipinski definition) is 0. The highest BCUT2D eigenvalue weighted by atomic mass is 16.5. The third kappa shape index (κ3) is 3.48. The molecule has 3 heterocycles. The van der Waals surface area contributed by atoms with Gasteiger partial charge in [0.1, 0.15) is 5.76 Å². The van der Waals surface area contributed by atoms with Crippen LogP contribution < -0.4 is 0 Å². The van der Waals surface area contributed by atoms with Crippen molar-refractivity contribution in [1.29, 1.82) is 0 Å². The van der Waals surface area contributed by atoms with Crippen molar-refractivity contribution in [2.24, 2.45) is 5.92 Å². The predicted octanol–water partition coefficient (Wildman–Crippen LogP) is 1.06. The first-order chi connectivity index (χ1) is 10.2. The van der Waals surface area contributed by atoms with E-state index >= 15 is 0 Å². The summed E-state index contributed by atoms with van der Waals surface area (Å²) in [6.45, 7) is 4.31. The van der Waals surface area contributed by atoms with Gasteiger partial charge in [-0.15, -0.1) is 5.10 Å². The molecule has 3 rings (SSSR count). The Bertz CT molecular complexity index is 584. The van der Waals surface area contributed by atoms with E-state index < -0.39 is 0 Å². The highest BCUT2D eigenvalue weighted by Gasteiger charge is 2.23. The van der Waals surface area contributed by atoms with E-state index in [1.54, 1.807) is 6.20 Å². The van der Waals surface area contributed by atoms with Crippen LogP contribution in [0.25, 0.3) is 0 Å². The zero-order valence-corrected chi connectivity index (χ0v) is 12.1. The van der Waals surface area contributed by atoms with Crippen LogP contribution in [0.5, 0.6) is 0 Å². The smallest absolute Gasteiger partial charge is 0.228 e. The molecule has 1 amide bonds. The molecule has 1 aliphatic rings. The molecule has 7 nitrogen and oxygen atoms in total. The summed E-state index contributed by atoms with van der Waals surface area (Å²) in [7, 11) is 0. The lowest BCUT2D eigenvalue weighted by atomic mass is 9.96. The molecule has 2 aromatic heterocycles. The summed E-state index contributed by atoms with van der Waals surface area (Å²) < 4.78 is 6.85. The lowest BCUT2D eigenvalue weighted by Crippen LogP contribution is -2.40. The minimum absolute atomic E-state index is 0.127. The number of piperidine rings is 1. The highest BCUT2D eigenvalue weighted by Crippen LogP contribution is 2.19. The number of amides is 1. The van der Waals surface area contributed by atoms with Gasteiger partial charge >= 0.3 is 0 Å². The van der Waals surface area contributed by atoms with Crippen LogP contribution in [0.3, 0.4) is 0 Å². The molecule has 0 bridgehead atoms. The van der Waals surface area contributed by atoms with Crippen molar-refractivity contribution in [1.82, 2.24) is 25.1 Å². The summed E-state index contributed by atoms with van der Waals surface area (Å²) in [4.78, 5) is 14.1. The fraction of sp³-hybridized carbons (Fsp3) is 0.571. The average Bonchev–Trinajstić information content (AvgIpc) is 3.12. The quantitative estimate of drug-likeness (QED) is 0.841. The largest absolute Gasteiger partial charge is 0.361 e. The molecule has 0 radical (unpaired) electrons. The first-order valence-corrected chi connectivity index (χ1v) is 7.25. The molecule has 0 N–H and O–H groups in total. The second-order valence-corrected chi connectivity index (χ2v) is 5.55. The lowest BCUT2D eigenvalue weighted by Gasteiger charge is -2.31. The SMILES string of the molecule is Cc1cc(CC(=O)N2CCC(Cn3ccnn3)CC2)no1. The number of hydrogen-bond acceptors (Lipinski definition) is 5. The molecular formula is C14H19N5O2. The first-order valence-electron chi connectivity index (χ1n) is 7.25. The maximum atomic E-state index is 12.2. The lowest BCUT2D eigenvalue weighted by molar-refractivity contribution is -0.132. The summed E-state index contributed by atoms with van der Waals surface area (Å²) in [5.74, 6) is 1.43. The second kappa shape index (κ2) is 6.07. The second-order valence-electron chi connectivity index (χ2n) is 5.55. The standard InChI is InChI=1S/C14H19N5O2/c1-11-8-13(16-21-11)9-14(20)18-5-2-12(3-6-18)10-19-7-4-15-17-19/h4,7-8,12H,2-3,5-6,9-10H2,1H3. The van der Waals surface area contributed by atoms with Gasteiger partial charge in [0.15, 0.2) is 0 Å².